The number of carbonyl (C=O) groups is 2. The van der Waals surface area contributed by atoms with Gasteiger partial charge in [0.1, 0.15) is 18.2 Å². The lowest BCUT2D eigenvalue weighted by atomic mass is 9.94. The lowest BCUT2D eigenvalue weighted by Crippen LogP contribution is -2.68. The van der Waals surface area contributed by atoms with Crippen LogP contribution in [0.2, 0.25) is 0 Å². The van der Waals surface area contributed by atoms with Crippen molar-refractivity contribution in [1.82, 2.24) is 10.6 Å². The number of aliphatic hydroxyl groups is 3. The second kappa shape index (κ2) is 6.10. The van der Waals surface area contributed by atoms with Crippen molar-refractivity contribution in [1.29, 1.82) is 0 Å². The van der Waals surface area contributed by atoms with Crippen LogP contribution in [0, 0.1) is 0 Å². The number of aliphatic hydroxyl groups excluding tert-OH is 3. The molecule has 104 valence electrons. The fraction of sp³-hybridized carbons (Fsp3) is 0.800. The minimum atomic E-state index is -1.42. The van der Waals surface area contributed by atoms with E-state index in [0.29, 0.717) is 0 Å². The first-order valence-electron chi connectivity index (χ1n) is 5.53. The third kappa shape index (κ3) is 3.39. The summed E-state index contributed by atoms with van der Waals surface area (Å²) in [6, 6.07) is -1.92. The molecule has 2 amide bonds. The van der Waals surface area contributed by atoms with E-state index in [9.17, 15) is 19.8 Å². The number of ether oxygens (including phenoxy) is 1. The van der Waals surface area contributed by atoms with Gasteiger partial charge in [0.25, 0.3) is 0 Å². The molecule has 1 fully saturated rings. The Morgan fingerprint density at radius 2 is 1.61 bits per heavy atom. The van der Waals surface area contributed by atoms with E-state index in [1.54, 1.807) is 0 Å². The average Bonchev–Trinajstić information content (AvgIpc) is 2.27. The van der Waals surface area contributed by atoms with Crippen molar-refractivity contribution in [2.75, 3.05) is 6.61 Å². The summed E-state index contributed by atoms with van der Waals surface area (Å²) in [4.78, 5) is 22.1. The van der Waals surface area contributed by atoms with Gasteiger partial charge in [-0.05, 0) is 0 Å². The number of hydrogen-bond donors (Lipinski definition) is 5. The second-order valence-corrected chi connectivity index (χ2v) is 4.19. The predicted octanol–water partition coefficient (Wildman–Crippen LogP) is -2.93. The number of amides is 2. The van der Waals surface area contributed by atoms with E-state index < -0.39 is 49.0 Å². The Balaban J connectivity index is 2.89. The molecular formula is C10H18N2O6. The molecule has 1 heterocycles. The van der Waals surface area contributed by atoms with E-state index >= 15 is 0 Å². The van der Waals surface area contributed by atoms with Crippen molar-refractivity contribution in [2.45, 2.75) is 44.4 Å². The molecular weight excluding hydrogens is 244 g/mol. The minimum absolute atomic E-state index is 0.430. The lowest BCUT2D eigenvalue weighted by Gasteiger charge is -2.42. The van der Waals surface area contributed by atoms with Gasteiger partial charge in [0, 0.05) is 13.8 Å². The van der Waals surface area contributed by atoms with E-state index in [0.717, 1.165) is 0 Å². The summed E-state index contributed by atoms with van der Waals surface area (Å²) in [7, 11) is 0. The molecule has 8 heteroatoms. The van der Waals surface area contributed by atoms with Crippen LogP contribution in [0.1, 0.15) is 13.8 Å². The summed E-state index contributed by atoms with van der Waals surface area (Å²) in [6.45, 7) is 1.97. The first-order valence-corrected chi connectivity index (χ1v) is 5.53. The van der Waals surface area contributed by atoms with Crippen molar-refractivity contribution in [3.05, 3.63) is 0 Å². The van der Waals surface area contributed by atoms with Gasteiger partial charge in [0.2, 0.25) is 11.8 Å². The first kappa shape index (κ1) is 14.8. The largest absolute Gasteiger partial charge is 0.394 e. The Labute approximate surface area is 104 Å². The molecule has 0 radical (unpaired) electrons. The zero-order valence-corrected chi connectivity index (χ0v) is 10.2. The molecule has 0 aromatic rings. The summed E-state index contributed by atoms with van der Waals surface area (Å²) >= 11 is 0. The molecule has 5 atom stereocenters. The molecule has 0 aromatic carbocycles. The number of hydrogen-bond acceptors (Lipinski definition) is 6. The summed E-state index contributed by atoms with van der Waals surface area (Å²) in [5, 5.41) is 33.4. The number of rotatable bonds is 3. The van der Waals surface area contributed by atoms with Gasteiger partial charge < -0.3 is 30.7 Å². The smallest absolute Gasteiger partial charge is 0.217 e. The van der Waals surface area contributed by atoms with Gasteiger partial charge in [-0.15, -0.1) is 0 Å². The lowest BCUT2D eigenvalue weighted by molar-refractivity contribution is -0.230. The van der Waals surface area contributed by atoms with Gasteiger partial charge in [-0.25, -0.2) is 0 Å². The molecule has 0 saturated carbocycles. The average molecular weight is 262 g/mol. The zero-order valence-electron chi connectivity index (χ0n) is 10.2. The highest BCUT2D eigenvalue weighted by molar-refractivity contribution is 5.75. The van der Waals surface area contributed by atoms with Crippen molar-refractivity contribution >= 4 is 11.8 Å². The first-order chi connectivity index (χ1) is 8.36. The third-order valence-electron chi connectivity index (χ3n) is 2.68. The topological polar surface area (TPSA) is 128 Å². The van der Waals surface area contributed by atoms with Gasteiger partial charge in [-0.1, -0.05) is 0 Å². The third-order valence-corrected chi connectivity index (χ3v) is 2.68. The zero-order chi connectivity index (χ0) is 13.9. The van der Waals surface area contributed by atoms with Crippen molar-refractivity contribution in [3.8, 4) is 0 Å². The Bertz CT molecular complexity index is 323. The van der Waals surface area contributed by atoms with E-state index in [4.69, 9.17) is 9.84 Å². The molecule has 0 aliphatic carbocycles. The van der Waals surface area contributed by atoms with E-state index in [-0.39, 0.29) is 0 Å². The molecule has 0 bridgehead atoms. The van der Waals surface area contributed by atoms with E-state index in [1.807, 2.05) is 0 Å². The van der Waals surface area contributed by atoms with Gasteiger partial charge in [0.15, 0.2) is 6.29 Å². The van der Waals surface area contributed by atoms with Crippen LogP contribution in [-0.4, -0.2) is 64.3 Å². The molecule has 5 N–H and O–H groups in total. The Hall–Kier alpha value is -1.22. The predicted molar refractivity (Wildman–Crippen MR) is 59.2 cm³/mol. The van der Waals surface area contributed by atoms with Gasteiger partial charge in [-0.3, -0.25) is 9.59 Å². The van der Waals surface area contributed by atoms with Crippen molar-refractivity contribution in [2.24, 2.45) is 0 Å². The number of nitrogens with one attached hydrogen (secondary N) is 2. The minimum Gasteiger partial charge on any atom is -0.394 e. The van der Waals surface area contributed by atoms with Gasteiger partial charge in [0.05, 0.1) is 12.6 Å². The molecule has 0 spiro atoms. The summed E-state index contributed by atoms with van der Waals surface area (Å²) in [5.41, 5.74) is 0. The second-order valence-electron chi connectivity index (χ2n) is 4.19. The molecule has 1 aliphatic heterocycles. The van der Waals surface area contributed by atoms with Crippen LogP contribution in [-0.2, 0) is 14.3 Å². The van der Waals surface area contributed by atoms with E-state index in [2.05, 4.69) is 10.6 Å². The van der Waals surface area contributed by atoms with Crippen LogP contribution in [0.5, 0.6) is 0 Å². The highest BCUT2D eigenvalue weighted by Gasteiger charge is 2.45. The fourth-order valence-electron chi connectivity index (χ4n) is 1.92. The van der Waals surface area contributed by atoms with Crippen LogP contribution in [0.4, 0.5) is 0 Å². The highest BCUT2D eigenvalue weighted by Crippen LogP contribution is 2.19. The Morgan fingerprint density at radius 3 is 2.06 bits per heavy atom. The molecule has 1 rings (SSSR count). The van der Waals surface area contributed by atoms with Crippen LogP contribution >= 0.6 is 0 Å². The van der Waals surface area contributed by atoms with Crippen LogP contribution in [0.3, 0.4) is 0 Å². The normalized spacial score (nSPS) is 35.9. The molecule has 0 unspecified atom stereocenters. The van der Waals surface area contributed by atoms with Crippen molar-refractivity contribution in [3.63, 3.8) is 0 Å². The molecule has 0 aromatic heterocycles. The van der Waals surface area contributed by atoms with Crippen molar-refractivity contribution < 1.29 is 29.6 Å². The maximum Gasteiger partial charge on any atom is 0.217 e. The van der Waals surface area contributed by atoms with Gasteiger partial charge in [-0.2, -0.15) is 0 Å². The molecule has 1 saturated heterocycles. The highest BCUT2D eigenvalue weighted by atomic mass is 16.6. The summed E-state index contributed by atoms with van der Waals surface area (Å²) in [5.74, 6) is -0.868. The Kier molecular flexibility index (Phi) is 5.03. The monoisotopic (exact) mass is 262 g/mol. The van der Waals surface area contributed by atoms with Gasteiger partial charge >= 0.3 is 0 Å². The van der Waals surface area contributed by atoms with Crippen LogP contribution in [0.25, 0.3) is 0 Å². The summed E-state index contributed by atoms with van der Waals surface area (Å²) in [6.07, 6.45) is -3.69. The standard InChI is InChI=1S/C10H18N2O6/c1-4(14)11-7-8(12-5(2)15)10(17)18-6(3-13)9(7)16/h6-10,13,16-17H,3H2,1-2H3,(H,11,14)(H,12,15)/t6-,7-,8-,9-,10+/m1/s1. The molecule has 18 heavy (non-hydrogen) atoms. The fourth-order valence-corrected chi connectivity index (χ4v) is 1.92. The molecule has 8 nitrogen and oxygen atoms in total. The van der Waals surface area contributed by atoms with Crippen LogP contribution in [0.15, 0.2) is 0 Å². The summed E-state index contributed by atoms with van der Waals surface area (Å²) < 4.78 is 4.96. The van der Waals surface area contributed by atoms with E-state index in [1.165, 1.54) is 13.8 Å². The quantitative estimate of drug-likeness (QED) is 0.370. The SMILES string of the molecule is CC(=O)N[C@@H]1[C@@H](NC(C)=O)[C@H](O)[C@@H](CO)O[C@@H]1O. The Morgan fingerprint density at radius 1 is 1.11 bits per heavy atom. The number of carbonyl (C=O) groups excluding carboxylic acids is 2. The maximum atomic E-state index is 11.1. The maximum absolute atomic E-state index is 11.1. The van der Waals surface area contributed by atoms with Crippen LogP contribution < -0.4 is 10.6 Å². The molecule has 1 aliphatic rings.